The highest BCUT2D eigenvalue weighted by atomic mass is 35.5. The number of benzene rings is 3. The first-order valence-electron chi connectivity index (χ1n) is 10.2. The zero-order valence-corrected chi connectivity index (χ0v) is 20.3. The molecule has 1 amide bonds. The molecule has 0 aliphatic carbocycles. The number of aliphatic hydroxyl groups is 1. The van der Waals surface area contributed by atoms with Crippen LogP contribution in [-0.4, -0.2) is 28.9 Å². The fraction of sp³-hybridized carbons (Fsp3) is 0.0800. The molecule has 1 aliphatic heterocycles. The average molecular weight is 529 g/mol. The van der Waals surface area contributed by atoms with Crippen molar-refractivity contribution in [2.45, 2.75) is 6.04 Å². The molecule has 0 bridgehead atoms. The maximum Gasteiger partial charge on any atom is 0.301 e. The molecule has 1 saturated heterocycles. The van der Waals surface area contributed by atoms with Crippen molar-refractivity contribution < 1.29 is 23.8 Å². The van der Waals surface area contributed by atoms with Gasteiger partial charge in [0, 0.05) is 5.56 Å². The molecule has 35 heavy (non-hydrogen) atoms. The predicted octanol–water partition coefficient (Wildman–Crippen LogP) is 6.38. The van der Waals surface area contributed by atoms with Crippen molar-refractivity contribution >= 4 is 67.3 Å². The molecule has 4 aromatic rings. The summed E-state index contributed by atoms with van der Waals surface area (Å²) in [6.45, 7) is 0. The number of fused-ring (bicyclic) bond motifs is 1. The maximum atomic E-state index is 13.5. The Bertz CT molecular complexity index is 1530. The van der Waals surface area contributed by atoms with Crippen LogP contribution in [0.15, 0.2) is 66.2 Å². The normalized spacial score (nSPS) is 17.4. The second kappa shape index (κ2) is 8.96. The monoisotopic (exact) mass is 528 g/mol. The van der Waals surface area contributed by atoms with E-state index in [0.29, 0.717) is 16.8 Å². The number of anilines is 1. The van der Waals surface area contributed by atoms with E-state index in [9.17, 15) is 19.1 Å². The van der Waals surface area contributed by atoms with Crippen LogP contribution >= 0.6 is 34.5 Å². The molecule has 1 aliphatic rings. The highest BCUT2D eigenvalue weighted by Gasteiger charge is 2.48. The second-order valence-corrected chi connectivity index (χ2v) is 9.50. The molecule has 1 aromatic heterocycles. The summed E-state index contributed by atoms with van der Waals surface area (Å²) in [6, 6.07) is 13.9. The number of Topliss-reactive ketones (excluding diaryl/α,β-unsaturated/α-hetero) is 1. The van der Waals surface area contributed by atoms with E-state index >= 15 is 0 Å². The van der Waals surface area contributed by atoms with E-state index in [4.69, 9.17) is 27.9 Å². The van der Waals surface area contributed by atoms with Crippen LogP contribution in [0.5, 0.6) is 5.75 Å². The lowest BCUT2D eigenvalue weighted by atomic mass is 9.95. The molecule has 1 N–H and O–H groups in total. The Hall–Kier alpha value is -3.46. The summed E-state index contributed by atoms with van der Waals surface area (Å²) < 4.78 is 19.5. The van der Waals surface area contributed by atoms with E-state index in [0.717, 1.165) is 16.8 Å². The predicted molar refractivity (Wildman–Crippen MR) is 134 cm³/mol. The van der Waals surface area contributed by atoms with Crippen molar-refractivity contribution in [3.63, 3.8) is 0 Å². The van der Waals surface area contributed by atoms with Gasteiger partial charge in [0.05, 0.1) is 39.0 Å². The Morgan fingerprint density at radius 2 is 1.80 bits per heavy atom. The number of carbonyl (C=O) groups excluding carboxylic acids is 2. The number of halogens is 3. The Labute approximate surface area is 212 Å². The van der Waals surface area contributed by atoms with Gasteiger partial charge in [-0.25, -0.2) is 9.37 Å². The summed E-state index contributed by atoms with van der Waals surface area (Å²) in [6.07, 6.45) is 0. The fourth-order valence-corrected chi connectivity index (χ4v) is 5.24. The van der Waals surface area contributed by atoms with Gasteiger partial charge in [-0.15, -0.1) is 0 Å². The number of aliphatic hydroxyl groups excluding tert-OH is 1. The van der Waals surface area contributed by atoms with Crippen molar-refractivity contribution in [3.8, 4) is 5.75 Å². The minimum Gasteiger partial charge on any atom is -0.507 e. The van der Waals surface area contributed by atoms with Crippen LogP contribution in [0.1, 0.15) is 17.2 Å². The van der Waals surface area contributed by atoms with Gasteiger partial charge in [0.1, 0.15) is 17.3 Å². The Morgan fingerprint density at radius 3 is 2.49 bits per heavy atom. The number of thiazole rings is 1. The molecule has 2 heterocycles. The van der Waals surface area contributed by atoms with E-state index in [1.54, 1.807) is 37.4 Å². The molecule has 3 aromatic carbocycles. The Balaban J connectivity index is 1.73. The van der Waals surface area contributed by atoms with Gasteiger partial charge in [0.15, 0.2) is 5.13 Å². The standard InChI is InChI=1S/C25H15Cl2FN2O4S/c1-34-15-7-9-18-19(11-15)35-25(29-18)30-21(13-4-8-16(26)17(27)10-13)20(23(32)24(30)33)22(31)12-2-5-14(28)6-3-12/h2-11,21,31H,1H3/b22-20+. The summed E-state index contributed by atoms with van der Waals surface area (Å²) in [5.41, 5.74) is 1.07. The van der Waals surface area contributed by atoms with Gasteiger partial charge in [-0.2, -0.15) is 0 Å². The number of rotatable bonds is 4. The summed E-state index contributed by atoms with van der Waals surface area (Å²) in [5.74, 6) is -2.10. The molecule has 10 heteroatoms. The quantitative estimate of drug-likeness (QED) is 0.189. The first kappa shape index (κ1) is 23.3. The zero-order chi connectivity index (χ0) is 24.9. The first-order valence-corrected chi connectivity index (χ1v) is 11.8. The van der Waals surface area contributed by atoms with Crippen LogP contribution in [0.4, 0.5) is 9.52 Å². The van der Waals surface area contributed by atoms with Crippen LogP contribution < -0.4 is 9.64 Å². The Kier molecular flexibility index (Phi) is 5.96. The van der Waals surface area contributed by atoms with Gasteiger partial charge in [0.25, 0.3) is 5.78 Å². The van der Waals surface area contributed by atoms with Gasteiger partial charge < -0.3 is 9.84 Å². The third kappa shape index (κ3) is 4.03. The molecule has 176 valence electrons. The van der Waals surface area contributed by atoms with Crippen LogP contribution in [0.25, 0.3) is 16.0 Å². The molecule has 0 radical (unpaired) electrons. The smallest absolute Gasteiger partial charge is 0.301 e. The fourth-order valence-electron chi connectivity index (χ4n) is 3.91. The van der Waals surface area contributed by atoms with Crippen molar-refractivity contribution in [2.75, 3.05) is 12.0 Å². The van der Waals surface area contributed by atoms with Crippen LogP contribution in [0.2, 0.25) is 10.0 Å². The molecule has 0 saturated carbocycles. The number of amides is 1. The maximum absolute atomic E-state index is 13.5. The van der Waals surface area contributed by atoms with Gasteiger partial charge in [-0.3, -0.25) is 14.5 Å². The van der Waals surface area contributed by atoms with Crippen molar-refractivity contribution in [2.24, 2.45) is 0 Å². The van der Waals surface area contributed by atoms with Crippen LogP contribution in [0, 0.1) is 5.82 Å². The molecular formula is C25H15Cl2FN2O4S. The zero-order valence-electron chi connectivity index (χ0n) is 18.0. The second-order valence-electron chi connectivity index (χ2n) is 7.68. The molecule has 0 spiro atoms. The summed E-state index contributed by atoms with van der Waals surface area (Å²) >= 11 is 13.5. The van der Waals surface area contributed by atoms with Crippen molar-refractivity contribution in [1.82, 2.24) is 4.98 Å². The average Bonchev–Trinajstić information content (AvgIpc) is 3.38. The highest BCUT2D eigenvalue weighted by molar-refractivity contribution is 7.22. The molecular weight excluding hydrogens is 514 g/mol. The summed E-state index contributed by atoms with van der Waals surface area (Å²) in [4.78, 5) is 32.3. The lowest BCUT2D eigenvalue weighted by Crippen LogP contribution is -2.29. The lowest BCUT2D eigenvalue weighted by molar-refractivity contribution is -0.132. The number of methoxy groups -OCH3 is 1. The van der Waals surface area contributed by atoms with Crippen molar-refractivity contribution in [1.29, 1.82) is 0 Å². The van der Waals surface area contributed by atoms with Gasteiger partial charge in [-0.05, 0) is 60.2 Å². The van der Waals surface area contributed by atoms with Crippen LogP contribution in [-0.2, 0) is 9.59 Å². The molecule has 1 atom stereocenters. The van der Waals surface area contributed by atoms with Gasteiger partial charge >= 0.3 is 5.91 Å². The summed E-state index contributed by atoms with van der Waals surface area (Å²) in [7, 11) is 1.54. The Morgan fingerprint density at radius 1 is 1.06 bits per heavy atom. The SMILES string of the molecule is COc1ccc2nc(N3C(=O)C(=O)/C(=C(/O)c4ccc(F)cc4)C3c3ccc(Cl)c(Cl)c3)sc2c1. The number of ether oxygens (including phenoxy) is 1. The number of hydrogen-bond donors (Lipinski definition) is 1. The molecule has 1 unspecified atom stereocenters. The molecule has 1 fully saturated rings. The van der Waals surface area contributed by atoms with E-state index in [1.807, 2.05) is 0 Å². The van der Waals surface area contributed by atoms with Gasteiger partial charge in [-0.1, -0.05) is 40.6 Å². The highest BCUT2D eigenvalue weighted by Crippen LogP contribution is 2.45. The summed E-state index contributed by atoms with van der Waals surface area (Å²) in [5, 5.41) is 11.9. The van der Waals surface area contributed by atoms with E-state index in [1.165, 1.54) is 34.4 Å². The van der Waals surface area contributed by atoms with E-state index in [2.05, 4.69) is 4.98 Å². The van der Waals surface area contributed by atoms with E-state index in [-0.39, 0.29) is 26.3 Å². The third-order valence-corrected chi connectivity index (χ3v) is 7.37. The topological polar surface area (TPSA) is 79.7 Å². The molecule has 5 rings (SSSR count). The number of carbonyl (C=O) groups is 2. The minimum absolute atomic E-state index is 0.170. The largest absolute Gasteiger partial charge is 0.507 e. The number of ketones is 1. The van der Waals surface area contributed by atoms with E-state index < -0.39 is 29.3 Å². The van der Waals surface area contributed by atoms with Gasteiger partial charge in [0.2, 0.25) is 0 Å². The lowest BCUT2D eigenvalue weighted by Gasteiger charge is -2.23. The van der Waals surface area contributed by atoms with Crippen LogP contribution in [0.3, 0.4) is 0 Å². The minimum atomic E-state index is -1.04. The number of aromatic nitrogens is 1. The third-order valence-electron chi connectivity index (χ3n) is 5.61. The van der Waals surface area contributed by atoms with Crippen molar-refractivity contribution in [3.05, 3.63) is 93.2 Å². The number of nitrogens with zero attached hydrogens (tertiary/aromatic N) is 2. The molecule has 6 nitrogen and oxygen atoms in total. The first-order chi connectivity index (χ1) is 16.8. The number of hydrogen-bond acceptors (Lipinski definition) is 6.